The van der Waals surface area contributed by atoms with Crippen molar-refractivity contribution in [2.45, 2.75) is 4.96 Å². The second kappa shape index (κ2) is 4.65. The van der Waals surface area contributed by atoms with E-state index < -0.39 is 4.96 Å². The Balaban J connectivity index is 2.31. The standard InChI is InChI=1S/C13H6BrF2N3S/c14-13(15,16)19-10(5-6-18-19)12-9(7-17)8-3-1-2-4-11(8)20-12/h1-6H. The summed E-state index contributed by atoms with van der Waals surface area (Å²) < 4.78 is 28.4. The van der Waals surface area contributed by atoms with E-state index in [-0.39, 0.29) is 5.69 Å². The summed E-state index contributed by atoms with van der Waals surface area (Å²) in [5, 5.41) is 13.7. The highest BCUT2D eigenvalue weighted by atomic mass is 79.9. The van der Waals surface area contributed by atoms with Gasteiger partial charge in [-0.2, -0.15) is 23.8 Å². The molecule has 0 fully saturated rings. The van der Waals surface area contributed by atoms with Crippen molar-refractivity contribution in [3.05, 3.63) is 42.1 Å². The van der Waals surface area contributed by atoms with E-state index in [0.29, 0.717) is 15.1 Å². The van der Waals surface area contributed by atoms with Crippen molar-refractivity contribution in [3.8, 4) is 16.6 Å². The normalized spacial score (nSPS) is 11.7. The number of hydrogen-bond acceptors (Lipinski definition) is 3. The Hall–Kier alpha value is -1.78. The molecule has 0 aliphatic heterocycles. The van der Waals surface area contributed by atoms with Gasteiger partial charge in [0.1, 0.15) is 6.07 Å². The van der Waals surface area contributed by atoms with Gasteiger partial charge in [0.25, 0.3) is 0 Å². The third kappa shape index (κ3) is 2.01. The molecule has 2 aromatic heterocycles. The van der Waals surface area contributed by atoms with Crippen LogP contribution in [0.1, 0.15) is 5.56 Å². The van der Waals surface area contributed by atoms with Crippen LogP contribution in [-0.4, -0.2) is 9.78 Å². The SMILES string of the molecule is N#Cc1c(-c2ccnn2C(F)(F)Br)sc2ccccc12. The number of nitriles is 1. The van der Waals surface area contributed by atoms with Gasteiger partial charge in [-0.1, -0.05) is 18.2 Å². The number of nitrogens with zero attached hydrogens (tertiary/aromatic N) is 3. The Labute approximate surface area is 125 Å². The number of thiophene rings is 1. The van der Waals surface area contributed by atoms with Gasteiger partial charge in [-0.05, 0) is 12.1 Å². The third-order valence-corrected chi connectivity index (χ3v) is 4.35. The zero-order valence-corrected chi connectivity index (χ0v) is 12.3. The van der Waals surface area contributed by atoms with Crippen LogP contribution in [0.4, 0.5) is 8.78 Å². The molecule has 3 nitrogen and oxygen atoms in total. The van der Waals surface area contributed by atoms with Gasteiger partial charge in [-0.25, -0.2) is 0 Å². The first-order valence-electron chi connectivity index (χ1n) is 5.55. The molecular formula is C13H6BrF2N3S. The fraction of sp³-hybridized carbons (Fsp3) is 0.0769. The number of hydrogen-bond donors (Lipinski definition) is 0. The van der Waals surface area contributed by atoms with Gasteiger partial charge < -0.3 is 0 Å². The number of fused-ring (bicyclic) bond motifs is 1. The van der Waals surface area contributed by atoms with E-state index >= 15 is 0 Å². The molecule has 20 heavy (non-hydrogen) atoms. The summed E-state index contributed by atoms with van der Waals surface area (Å²) in [6.45, 7) is 0. The van der Waals surface area contributed by atoms with Crippen LogP contribution in [0.15, 0.2) is 36.5 Å². The average Bonchev–Trinajstić information content (AvgIpc) is 3.01. The van der Waals surface area contributed by atoms with Crippen LogP contribution in [-0.2, 0) is 4.96 Å². The lowest BCUT2D eigenvalue weighted by Crippen LogP contribution is -2.17. The van der Waals surface area contributed by atoms with Gasteiger partial charge >= 0.3 is 4.96 Å². The van der Waals surface area contributed by atoms with E-state index in [9.17, 15) is 14.0 Å². The molecule has 0 saturated heterocycles. The highest BCUT2D eigenvalue weighted by Gasteiger charge is 2.31. The number of benzene rings is 1. The molecule has 0 N–H and O–H groups in total. The molecule has 0 atom stereocenters. The van der Waals surface area contributed by atoms with Crippen molar-refractivity contribution in [1.29, 1.82) is 5.26 Å². The zero-order chi connectivity index (χ0) is 14.3. The van der Waals surface area contributed by atoms with Crippen LogP contribution in [0.2, 0.25) is 0 Å². The van der Waals surface area contributed by atoms with E-state index in [0.717, 1.165) is 10.1 Å². The lowest BCUT2D eigenvalue weighted by atomic mass is 10.1. The van der Waals surface area contributed by atoms with Gasteiger partial charge in [0.05, 0.1) is 16.1 Å². The fourth-order valence-corrected chi connectivity index (χ4v) is 3.46. The first-order valence-corrected chi connectivity index (χ1v) is 7.16. The largest absolute Gasteiger partial charge is 0.401 e. The quantitative estimate of drug-likeness (QED) is 0.634. The predicted molar refractivity (Wildman–Crippen MR) is 76.9 cm³/mol. The number of halogens is 3. The molecule has 0 aliphatic rings. The summed E-state index contributed by atoms with van der Waals surface area (Å²) in [7, 11) is 0. The van der Waals surface area contributed by atoms with Crippen molar-refractivity contribution in [2.24, 2.45) is 0 Å². The van der Waals surface area contributed by atoms with Crippen LogP contribution >= 0.6 is 27.3 Å². The minimum absolute atomic E-state index is 0.213. The molecule has 3 aromatic rings. The van der Waals surface area contributed by atoms with Gasteiger partial charge in [0.2, 0.25) is 0 Å². The molecule has 3 rings (SSSR count). The van der Waals surface area contributed by atoms with Crippen molar-refractivity contribution >= 4 is 37.4 Å². The van der Waals surface area contributed by atoms with Crippen LogP contribution in [0.5, 0.6) is 0 Å². The first-order chi connectivity index (χ1) is 9.52. The minimum Gasteiger partial charge on any atom is -0.192 e. The maximum Gasteiger partial charge on any atom is 0.401 e. The van der Waals surface area contributed by atoms with Gasteiger partial charge in [0, 0.05) is 32.2 Å². The molecule has 0 aliphatic carbocycles. The van der Waals surface area contributed by atoms with E-state index in [1.54, 1.807) is 6.07 Å². The van der Waals surface area contributed by atoms with Crippen molar-refractivity contribution in [1.82, 2.24) is 9.78 Å². The minimum atomic E-state index is -3.30. The second-order valence-corrected chi connectivity index (χ2v) is 6.02. The summed E-state index contributed by atoms with van der Waals surface area (Å²) in [6.07, 6.45) is 1.29. The molecule has 2 heterocycles. The summed E-state index contributed by atoms with van der Waals surface area (Å²) >= 11 is 3.59. The highest BCUT2D eigenvalue weighted by Crippen LogP contribution is 2.41. The predicted octanol–water partition coefficient (Wildman–Crippen LogP) is 4.54. The molecule has 7 heteroatoms. The highest BCUT2D eigenvalue weighted by molar-refractivity contribution is 9.09. The molecule has 0 bridgehead atoms. The van der Waals surface area contributed by atoms with E-state index in [4.69, 9.17) is 0 Å². The van der Waals surface area contributed by atoms with Gasteiger partial charge in [-0.15, -0.1) is 11.3 Å². The monoisotopic (exact) mass is 353 g/mol. The van der Waals surface area contributed by atoms with Crippen molar-refractivity contribution < 1.29 is 8.78 Å². The van der Waals surface area contributed by atoms with Crippen LogP contribution in [0.25, 0.3) is 20.7 Å². The summed E-state index contributed by atoms with van der Waals surface area (Å²) in [5.74, 6) is 0. The molecule has 0 unspecified atom stereocenters. The number of aromatic nitrogens is 2. The molecule has 0 amide bonds. The Kier molecular flexibility index (Phi) is 3.07. The van der Waals surface area contributed by atoms with Crippen molar-refractivity contribution in [3.63, 3.8) is 0 Å². The van der Waals surface area contributed by atoms with E-state index in [1.807, 2.05) is 18.2 Å². The smallest absolute Gasteiger partial charge is 0.192 e. The van der Waals surface area contributed by atoms with E-state index in [2.05, 4.69) is 27.1 Å². The molecular weight excluding hydrogens is 348 g/mol. The summed E-state index contributed by atoms with van der Waals surface area (Å²) in [4.78, 5) is -2.81. The fourth-order valence-electron chi connectivity index (χ4n) is 2.01. The lowest BCUT2D eigenvalue weighted by molar-refractivity contribution is 0.0219. The summed E-state index contributed by atoms with van der Waals surface area (Å²) in [6, 6.07) is 10.9. The Bertz CT molecular complexity index is 826. The topological polar surface area (TPSA) is 41.6 Å². The Morgan fingerprint density at radius 1 is 1.30 bits per heavy atom. The Morgan fingerprint density at radius 3 is 2.75 bits per heavy atom. The average molecular weight is 354 g/mol. The third-order valence-electron chi connectivity index (χ3n) is 2.82. The first kappa shape index (κ1) is 13.2. The molecule has 0 radical (unpaired) electrons. The molecule has 100 valence electrons. The Morgan fingerprint density at radius 2 is 2.05 bits per heavy atom. The summed E-state index contributed by atoms with van der Waals surface area (Å²) in [5.41, 5.74) is 0.605. The maximum atomic E-state index is 13.5. The van der Waals surface area contributed by atoms with Crippen LogP contribution in [0.3, 0.4) is 0 Å². The number of rotatable bonds is 2. The van der Waals surface area contributed by atoms with E-state index in [1.165, 1.54) is 23.6 Å². The molecule has 1 aromatic carbocycles. The van der Waals surface area contributed by atoms with Crippen LogP contribution < -0.4 is 0 Å². The second-order valence-electron chi connectivity index (χ2n) is 4.01. The lowest BCUT2D eigenvalue weighted by Gasteiger charge is -2.11. The van der Waals surface area contributed by atoms with Crippen molar-refractivity contribution in [2.75, 3.05) is 0 Å². The zero-order valence-electron chi connectivity index (χ0n) is 9.85. The molecule has 0 saturated carbocycles. The molecule has 0 spiro atoms. The maximum absolute atomic E-state index is 13.5. The van der Waals surface area contributed by atoms with Gasteiger partial charge in [0.15, 0.2) is 0 Å². The van der Waals surface area contributed by atoms with Gasteiger partial charge in [-0.3, -0.25) is 0 Å². The number of alkyl halides is 3. The van der Waals surface area contributed by atoms with Crippen LogP contribution in [0, 0.1) is 11.3 Å².